The molecule has 2 aromatic carbocycles. The maximum Gasteiger partial charge on any atom is 0.341 e. The predicted molar refractivity (Wildman–Crippen MR) is 93.9 cm³/mol. The molecule has 0 saturated heterocycles. The first-order chi connectivity index (χ1) is 12.4. The van der Waals surface area contributed by atoms with Crippen LogP contribution >= 0.6 is 0 Å². The molecule has 3 aromatic rings. The Hall–Kier alpha value is -3.22. The highest BCUT2D eigenvalue weighted by atomic mass is 19.1. The number of aromatic nitrogens is 2. The van der Waals surface area contributed by atoms with Gasteiger partial charge in [0, 0.05) is 11.3 Å². The van der Waals surface area contributed by atoms with E-state index >= 15 is 0 Å². The molecule has 6 nitrogen and oxygen atoms in total. The number of nitrogen functional groups attached to an aromatic ring is 1. The molecule has 0 aliphatic carbocycles. The van der Waals surface area contributed by atoms with Gasteiger partial charge in [-0.2, -0.15) is 4.98 Å². The van der Waals surface area contributed by atoms with E-state index in [2.05, 4.69) is 10.1 Å². The highest BCUT2D eigenvalue weighted by Crippen LogP contribution is 2.24. The van der Waals surface area contributed by atoms with Crippen LogP contribution in [0, 0.1) is 19.7 Å². The zero-order valence-electron chi connectivity index (χ0n) is 14.6. The number of halogens is 1. The molecular formula is C19H18FN3O3. The quantitative estimate of drug-likeness (QED) is 0.562. The number of benzene rings is 2. The molecule has 0 radical (unpaired) electrons. The smallest absolute Gasteiger partial charge is 0.341 e. The maximum absolute atomic E-state index is 13.7. The molecule has 0 fully saturated rings. The highest BCUT2D eigenvalue weighted by Gasteiger charge is 2.22. The van der Waals surface area contributed by atoms with Crippen LogP contribution in [0.1, 0.15) is 40.4 Å². The minimum atomic E-state index is -0.779. The topological polar surface area (TPSA) is 91.2 Å². The van der Waals surface area contributed by atoms with Crippen LogP contribution in [0.15, 0.2) is 40.9 Å². The number of ether oxygens (including phenoxy) is 1. The SMILES string of the molecule is Cc1ccc(-c2noc([C@@H](C)OC(=O)c3cccc(C)c3N)n2)cc1F. The van der Waals surface area contributed by atoms with Gasteiger partial charge in [-0.15, -0.1) is 0 Å². The Balaban J connectivity index is 1.77. The number of rotatable bonds is 4. The van der Waals surface area contributed by atoms with Crippen molar-refractivity contribution in [3.05, 3.63) is 64.8 Å². The maximum atomic E-state index is 13.7. The molecule has 0 spiro atoms. The number of carbonyl (C=O) groups is 1. The van der Waals surface area contributed by atoms with E-state index in [1.54, 1.807) is 51.1 Å². The summed E-state index contributed by atoms with van der Waals surface area (Å²) in [4.78, 5) is 16.5. The van der Waals surface area contributed by atoms with Gasteiger partial charge in [-0.25, -0.2) is 9.18 Å². The number of hydrogen-bond donors (Lipinski definition) is 1. The van der Waals surface area contributed by atoms with Gasteiger partial charge in [0.2, 0.25) is 5.82 Å². The van der Waals surface area contributed by atoms with Crippen LogP contribution in [-0.2, 0) is 4.74 Å². The van der Waals surface area contributed by atoms with Gasteiger partial charge in [0.25, 0.3) is 5.89 Å². The van der Waals surface area contributed by atoms with E-state index < -0.39 is 12.1 Å². The molecule has 2 N–H and O–H groups in total. The Morgan fingerprint density at radius 1 is 1.23 bits per heavy atom. The standard InChI is InChI=1S/C19H18FN3O3/c1-10-7-8-13(9-15(10)20)17-22-18(26-23-17)12(3)25-19(24)14-6-4-5-11(2)16(14)21/h4-9,12H,21H2,1-3H3/t12-/m1/s1. The van der Waals surface area contributed by atoms with Crippen LogP contribution in [0.2, 0.25) is 0 Å². The monoisotopic (exact) mass is 355 g/mol. The van der Waals surface area contributed by atoms with E-state index in [0.29, 0.717) is 16.8 Å². The van der Waals surface area contributed by atoms with E-state index in [-0.39, 0.29) is 23.1 Å². The van der Waals surface area contributed by atoms with Gasteiger partial charge in [-0.05, 0) is 44.0 Å². The van der Waals surface area contributed by atoms with Crippen molar-refractivity contribution in [2.45, 2.75) is 26.9 Å². The Bertz CT molecular complexity index is 968. The largest absolute Gasteiger partial charge is 0.449 e. The third kappa shape index (κ3) is 3.42. The van der Waals surface area contributed by atoms with E-state index in [1.165, 1.54) is 6.07 Å². The van der Waals surface area contributed by atoms with Crippen molar-refractivity contribution in [3.63, 3.8) is 0 Å². The molecule has 134 valence electrons. The average Bonchev–Trinajstić information content (AvgIpc) is 3.10. The summed E-state index contributed by atoms with van der Waals surface area (Å²) in [6.07, 6.45) is -0.779. The summed E-state index contributed by atoms with van der Waals surface area (Å²) >= 11 is 0. The Morgan fingerprint density at radius 2 is 2.00 bits per heavy atom. The zero-order valence-corrected chi connectivity index (χ0v) is 14.6. The first-order valence-corrected chi connectivity index (χ1v) is 8.03. The van der Waals surface area contributed by atoms with Crippen LogP contribution in [-0.4, -0.2) is 16.1 Å². The third-order valence-corrected chi connectivity index (χ3v) is 4.05. The van der Waals surface area contributed by atoms with Crippen molar-refractivity contribution < 1.29 is 18.4 Å². The van der Waals surface area contributed by atoms with Gasteiger partial charge in [-0.3, -0.25) is 0 Å². The Labute approximate surface area is 149 Å². The van der Waals surface area contributed by atoms with Gasteiger partial charge in [-0.1, -0.05) is 29.4 Å². The highest BCUT2D eigenvalue weighted by molar-refractivity contribution is 5.95. The summed E-state index contributed by atoms with van der Waals surface area (Å²) in [6.45, 7) is 5.08. The molecule has 1 atom stereocenters. The first kappa shape index (κ1) is 17.6. The van der Waals surface area contributed by atoms with Crippen molar-refractivity contribution in [2.24, 2.45) is 0 Å². The summed E-state index contributed by atoms with van der Waals surface area (Å²) in [5, 5.41) is 3.82. The zero-order chi connectivity index (χ0) is 18.8. The number of carbonyl (C=O) groups excluding carboxylic acids is 1. The van der Waals surface area contributed by atoms with Crippen molar-refractivity contribution in [1.29, 1.82) is 0 Å². The number of hydrogen-bond acceptors (Lipinski definition) is 6. The fourth-order valence-electron chi connectivity index (χ4n) is 2.38. The minimum Gasteiger partial charge on any atom is -0.449 e. The van der Waals surface area contributed by atoms with Crippen molar-refractivity contribution in [3.8, 4) is 11.4 Å². The second-order valence-electron chi connectivity index (χ2n) is 6.00. The fourth-order valence-corrected chi connectivity index (χ4v) is 2.38. The molecule has 0 bridgehead atoms. The summed E-state index contributed by atoms with van der Waals surface area (Å²) in [7, 11) is 0. The van der Waals surface area contributed by atoms with Crippen LogP contribution in [0.5, 0.6) is 0 Å². The summed E-state index contributed by atoms with van der Waals surface area (Å²) < 4.78 is 24.2. The van der Waals surface area contributed by atoms with Crippen LogP contribution in [0.4, 0.5) is 10.1 Å². The van der Waals surface area contributed by atoms with E-state index in [4.69, 9.17) is 15.0 Å². The molecular weight excluding hydrogens is 337 g/mol. The van der Waals surface area contributed by atoms with Crippen LogP contribution in [0.3, 0.4) is 0 Å². The predicted octanol–water partition coefficient (Wildman–Crippen LogP) is 3.99. The van der Waals surface area contributed by atoms with E-state index in [0.717, 1.165) is 5.56 Å². The average molecular weight is 355 g/mol. The van der Waals surface area contributed by atoms with E-state index in [1.807, 2.05) is 0 Å². The third-order valence-electron chi connectivity index (χ3n) is 4.05. The molecule has 1 heterocycles. The number of anilines is 1. The van der Waals surface area contributed by atoms with Crippen molar-refractivity contribution in [1.82, 2.24) is 10.1 Å². The second kappa shape index (κ2) is 6.95. The van der Waals surface area contributed by atoms with E-state index in [9.17, 15) is 9.18 Å². The molecule has 3 rings (SSSR count). The molecule has 0 unspecified atom stereocenters. The lowest BCUT2D eigenvalue weighted by Gasteiger charge is -2.11. The molecule has 7 heteroatoms. The van der Waals surface area contributed by atoms with Crippen LogP contribution in [0.25, 0.3) is 11.4 Å². The van der Waals surface area contributed by atoms with Crippen molar-refractivity contribution in [2.75, 3.05) is 5.73 Å². The number of esters is 1. The molecule has 0 saturated carbocycles. The first-order valence-electron chi connectivity index (χ1n) is 8.03. The van der Waals surface area contributed by atoms with Crippen molar-refractivity contribution >= 4 is 11.7 Å². The number of aryl methyl sites for hydroxylation is 2. The second-order valence-corrected chi connectivity index (χ2v) is 6.00. The van der Waals surface area contributed by atoms with Gasteiger partial charge < -0.3 is 15.0 Å². The molecule has 26 heavy (non-hydrogen) atoms. The number of nitrogens with two attached hydrogens (primary N) is 1. The fraction of sp³-hybridized carbons (Fsp3) is 0.211. The minimum absolute atomic E-state index is 0.112. The Kier molecular flexibility index (Phi) is 4.71. The summed E-state index contributed by atoms with van der Waals surface area (Å²) in [5.41, 5.74) is 8.34. The summed E-state index contributed by atoms with van der Waals surface area (Å²) in [5.74, 6) is -0.611. The lowest BCUT2D eigenvalue weighted by atomic mass is 10.1. The molecule has 0 aliphatic rings. The molecule has 1 aromatic heterocycles. The molecule has 0 aliphatic heterocycles. The normalized spacial score (nSPS) is 12.0. The number of para-hydroxylation sites is 1. The Morgan fingerprint density at radius 3 is 2.73 bits per heavy atom. The van der Waals surface area contributed by atoms with Gasteiger partial charge in [0.05, 0.1) is 5.56 Å². The summed E-state index contributed by atoms with van der Waals surface area (Å²) in [6, 6.07) is 9.77. The lowest BCUT2D eigenvalue weighted by molar-refractivity contribution is 0.0266. The van der Waals surface area contributed by atoms with Gasteiger partial charge >= 0.3 is 5.97 Å². The van der Waals surface area contributed by atoms with Gasteiger partial charge in [0.1, 0.15) is 5.82 Å². The number of nitrogens with zero attached hydrogens (tertiary/aromatic N) is 2. The van der Waals surface area contributed by atoms with Gasteiger partial charge in [0.15, 0.2) is 6.10 Å². The lowest BCUT2D eigenvalue weighted by Crippen LogP contribution is -2.12. The van der Waals surface area contributed by atoms with Crippen LogP contribution < -0.4 is 5.73 Å². The molecule has 0 amide bonds.